The van der Waals surface area contributed by atoms with Crippen LogP contribution in [0.3, 0.4) is 0 Å². The molecule has 0 saturated carbocycles. The molecule has 0 amide bonds. The van der Waals surface area contributed by atoms with Gasteiger partial charge in [0.2, 0.25) is 0 Å². The number of quaternary nitrogens is 1. The molecule has 0 unspecified atom stereocenters. The first-order valence-corrected chi connectivity index (χ1v) is 1.79. The molecule has 0 aromatic rings. The van der Waals surface area contributed by atoms with E-state index in [0.29, 0.717) is 0 Å². The normalized spacial score (nSPS) is 8.57. The molecular weight excluding hydrogens is 120 g/mol. The minimum absolute atomic E-state index is 0. The van der Waals surface area contributed by atoms with Gasteiger partial charge in [-0.05, 0) is 0 Å². The first-order valence-electron chi connectivity index (χ1n) is 1.79. The largest absolute Gasteiger partial charge is 1.00 e. The summed E-state index contributed by atoms with van der Waals surface area (Å²) >= 11 is 0. The van der Waals surface area contributed by atoms with Crippen LogP contribution in [-0.2, 0) is 0 Å². The average Bonchev–Trinajstić information content (AvgIpc) is 0.722. The Hall–Kier alpha value is 1.25. The number of halogens is 1. The molecule has 1 nitrogen and oxygen atoms in total. The van der Waals surface area contributed by atoms with Crippen molar-refractivity contribution >= 4 is 0 Å². The van der Waals surface area contributed by atoms with Crippen molar-refractivity contribution in [1.82, 2.24) is 0 Å². The Morgan fingerprint density at radius 3 is 1.00 bits per heavy atom. The van der Waals surface area contributed by atoms with Gasteiger partial charge >= 0.3 is 29.6 Å². The summed E-state index contributed by atoms with van der Waals surface area (Å²) in [5.41, 5.74) is 0. The molecule has 0 aromatic carbocycles. The molecule has 0 bridgehead atoms. The quantitative estimate of drug-likeness (QED) is 0.229. The second-order valence-electron chi connectivity index (χ2n) is 2.68. The van der Waals surface area contributed by atoms with Crippen molar-refractivity contribution < 1.29 is 47.9 Å². The Morgan fingerprint density at radius 1 is 1.00 bits per heavy atom. The molecule has 0 N–H and O–H groups in total. The van der Waals surface area contributed by atoms with Crippen molar-refractivity contribution in [3.05, 3.63) is 0 Å². The van der Waals surface area contributed by atoms with Crippen LogP contribution in [0.5, 0.6) is 0 Å². The zero-order valence-corrected chi connectivity index (χ0v) is 8.58. The molecule has 0 aliphatic heterocycles. The maximum Gasteiger partial charge on any atom is 1.00 e. The predicted octanol–water partition coefficient (Wildman–Crippen LogP) is -5.56. The Labute approximate surface area is 75.9 Å². The minimum atomic E-state index is 0. The van der Waals surface area contributed by atoms with Crippen LogP contribution in [0.4, 0.5) is 0 Å². The first kappa shape index (κ1) is 15.7. The Morgan fingerprint density at radius 2 is 1.00 bits per heavy atom. The van der Waals surface area contributed by atoms with Crippen LogP contribution in [0.1, 0.15) is 1.43 Å². The van der Waals surface area contributed by atoms with E-state index >= 15 is 0 Å². The molecule has 42 valence electrons. The van der Waals surface area contributed by atoms with Gasteiger partial charge in [-0.2, -0.15) is 0 Å². The summed E-state index contributed by atoms with van der Waals surface area (Å²) in [4.78, 5) is 0. The molecule has 0 aliphatic rings. The van der Waals surface area contributed by atoms with E-state index in [2.05, 4.69) is 28.2 Å². The molecule has 0 heterocycles. The van der Waals surface area contributed by atoms with Gasteiger partial charge in [0.05, 0.1) is 28.2 Å². The first-order chi connectivity index (χ1) is 2.00. The van der Waals surface area contributed by atoms with Crippen LogP contribution >= 0.6 is 0 Å². The smallest absolute Gasteiger partial charge is 1.00 e. The maximum absolute atomic E-state index is 2.12. The molecule has 0 aliphatic carbocycles. The molecular formula is C4H13ClNNa. The van der Waals surface area contributed by atoms with E-state index in [-0.39, 0.29) is 43.4 Å². The number of rotatable bonds is 0. The van der Waals surface area contributed by atoms with E-state index in [1.54, 1.807) is 0 Å². The maximum atomic E-state index is 2.12. The second kappa shape index (κ2) is 5.39. The number of hydrogen-bond donors (Lipinski definition) is 0. The monoisotopic (exact) mass is 133 g/mol. The van der Waals surface area contributed by atoms with E-state index < -0.39 is 0 Å². The molecule has 0 saturated heterocycles. The third-order valence-electron chi connectivity index (χ3n) is 0. The van der Waals surface area contributed by atoms with Gasteiger partial charge in [0, 0.05) is 0 Å². The van der Waals surface area contributed by atoms with E-state index in [1.165, 1.54) is 0 Å². The van der Waals surface area contributed by atoms with E-state index in [9.17, 15) is 0 Å². The average molecular weight is 134 g/mol. The van der Waals surface area contributed by atoms with Crippen LogP contribution in [0.25, 0.3) is 0 Å². The Balaban J connectivity index is -0.0000000267. The van der Waals surface area contributed by atoms with Crippen LogP contribution in [0, 0.1) is 0 Å². The van der Waals surface area contributed by atoms with E-state index in [4.69, 9.17) is 0 Å². The van der Waals surface area contributed by atoms with Gasteiger partial charge in [-0.1, -0.05) is 0 Å². The molecule has 7 heavy (non-hydrogen) atoms. The summed E-state index contributed by atoms with van der Waals surface area (Å²) < 4.78 is 1.00. The summed E-state index contributed by atoms with van der Waals surface area (Å²) in [6, 6.07) is 0. The Kier molecular flexibility index (Phi) is 12.1. The molecule has 0 radical (unpaired) electrons. The summed E-state index contributed by atoms with van der Waals surface area (Å²) in [7, 11) is 8.50. The van der Waals surface area contributed by atoms with Gasteiger partial charge in [-0.15, -0.1) is 0 Å². The van der Waals surface area contributed by atoms with Crippen LogP contribution in [-0.4, -0.2) is 32.7 Å². The zero-order chi connectivity index (χ0) is 4.50. The van der Waals surface area contributed by atoms with Crippen molar-refractivity contribution in [2.45, 2.75) is 0 Å². The summed E-state index contributed by atoms with van der Waals surface area (Å²) in [6.07, 6.45) is 0. The van der Waals surface area contributed by atoms with E-state index in [0.717, 1.165) is 4.48 Å². The Bertz CT molecular complexity index is 31.5. The van der Waals surface area contributed by atoms with Gasteiger partial charge in [-0.3, -0.25) is 0 Å². The van der Waals surface area contributed by atoms with Gasteiger partial charge in [-0.25, -0.2) is 0 Å². The standard InChI is InChI=1S/C4H12N.ClH.Na.H/c1-5(2,3)4;;;/h1-4H3;1H;;/q+1;;+1;-1/p-1. The van der Waals surface area contributed by atoms with Crippen molar-refractivity contribution in [3.8, 4) is 0 Å². The fraction of sp³-hybridized carbons (Fsp3) is 1.00. The van der Waals surface area contributed by atoms with Gasteiger partial charge < -0.3 is 18.3 Å². The fourth-order valence-electron chi connectivity index (χ4n) is 0. The van der Waals surface area contributed by atoms with Crippen LogP contribution < -0.4 is 42.0 Å². The van der Waals surface area contributed by atoms with Gasteiger partial charge in [0.25, 0.3) is 0 Å². The molecule has 0 spiro atoms. The van der Waals surface area contributed by atoms with Crippen molar-refractivity contribution in [1.29, 1.82) is 0 Å². The van der Waals surface area contributed by atoms with Crippen molar-refractivity contribution in [2.75, 3.05) is 28.2 Å². The van der Waals surface area contributed by atoms with Crippen LogP contribution in [0.15, 0.2) is 0 Å². The fourth-order valence-corrected chi connectivity index (χ4v) is 0. The molecule has 0 aromatic heterocycles. The van der Waals surface area contributed by atoms with Gasteiger partial charge in [0.1, 0.15) is 0 Å². The van der Waals surface area contributed by atoms with Gasteiger partial charge in [0.15, 0.2) is 0 Å². The number of nitrogens with zero attached hydrogens (tertiary/aromatic N) is 1. The second-order valence-corrected chi connectivity index (χ2v) is 2.68. The van der Waals surface area contributed by atoms with Crippen molar-refractivity contribution in [3.63, 3.8) is 0 Å². The summed E-state index contributed by atoms with van der Waals surface area (Å²) in [5, 5.41) is 0. The van der Waals surface area contributed by atoms with Crippen LogP contribution in [0.2, 0.25) is 0 Å². The molecule has 0 rings (SSSR count). The molecule has 3 heteroatoms. The predicted molar refractivity (Wildman–Crippen MR) is 25.1 cm³/mol. The third kappa shape index (κ3) is 128. The summed E-state index contributed by atoms with van der Waals surface area (Å²) in [6.45, 7) is 0. The van der Waals surface area contributed by atoms with Crippen molar-refractivity contribution in [2.24, 2.45) is 0 Å². The molecule has 0 fully saturated rings. The summed E-state index contributed by atoms with van der Waals surface area (Å²) in [5.74, 6) is 0. The van der Waals surface area contributed by atoms with E-state index in [1.807, 2.05) is 0 Å². The molecule has 0 atom stereocenters. The topological polar surface area (TPSA) is 0 Å². The minimum Gasteiger partial charge on any atom is -1.00 e. The number of hydrogen-bond acceptors (Lipinski definition) is 0. The zero-order valence-electron chi connectivity index (χ0n) is 6.83. The SMILES string of the molecule is C[N+](C)(C)C.[Cl-].[H-].[Na+]. The third-order valence-corrected chi connectivity index (χ3v) is 0.